The summed E-state index contributed by atoms with van der Waals surface area (Å²) in [6, 6.07) is 6.84. The molecule has 0 saturated carbocycles. The summed E-state index contributed by atoms with van der Waals surface area (Å²) in [6.45, 7) is 6.02. The second-order valence-electron chi connectivity index (χ2n) is 5.07. The second kappa shape index (κ2) is 5.71. The van der Waals surface area contributed by atoms with E-state index < -0.39 is 13.7 Å². The highest BCUT2D eigenvalue weighted by atomic mass is 28.3. The Bertz CT molecular complexity index is 473. The van der Waals surface area contributed by atoms with Crippen LogP contribution in [0, 0.1) is 0 Å². The Morgan fingerprint density at radius 3 is 2.28 bits per heavy atom. The minimum atomic E-state index is -1.88. The maximum atomic E-state index is 12.3. The van der Waals surface area contributed by atoms with Crippen LogP contribution in [0.4, 0.5) is 0 Å². The lowest BCUT2D eigenvalue weighted by molar-refractivity contribution is 0.0985. The van der Waals surface area contributed by atoms with Crippen LogP contribution >= 0.6 is 0 Å². The first-order valence-electron chi connectivity index (χ1n) is 5.62. The van der Waals surface area contributed by atoms with Gasteiger partial charge in [0.25, 0.3) is 0 Å². The van der Waals surface area contributed by atoms with Crippen LogP contribution in [0.5, 0.6) is 5.75 Å². The van der Waals surface area contributed by atoms with E-state index >= 15 is 0 Å². The van der Waals surface area contributed by atoms with Crippen molar-refractivity contribution in [2.45, 2.75) is 25.3 Å². The van der Waals surface area contributed by atoms with Gasteiger partial charge in [0.15, 0.2) is 5.78 Å². The Hall–Kier alpha value is -1.78. The van der Waals surface area contributed by atoms with Gasteiger partial charge in [0.2, 0.25) is 0 Å². The van der Waals surface area contributed by atoms with Gasteiger partial charge in [-0.05, 0) is 29.8 Å². The molecule has 0 spiro atoms. The number of hydrogen-bond donors (Lipinski definition) is 0. The molecule has 0 aliphatic heterocycles. The third-order valence-corrected chi connectivity index (χ3v) is 4.63. The second-order valence-corrected chi connectivity index (χ2v) is 10.3. The molecular weight excluding hydrogens is 246 g/mol. The lowest BCUT2D eigenvalue weighted by atomic mass is 10.1. The Morgan fingerprint density at radius 1 is 1.33 bits per heavy atom. The number of benzene rings is 1. The van der Waals surface area contributed by atoms with Gasteiger partial charge in [-0.1, -0.05) is 24.8 Å². The van der Waals surface area contributed by atoms with Crippen LogP contribution in [-0.4, -0.2) is 26.6 Å². The molecule has 96 valence electrons. The molecule has 0 bridgehead atoms. The molecule has 0 amide bonds. The number of carbonyl (C=O) groups is 1. The fourth-order valence-corrected chi connectivity index (χ4v) is 2.94. The SMILES string of the molecule is COc1ccc(C(=O)C(N=[N+]=[N-])[Si](C)(C)C)cc1. The molecule has 1 atom stereocenters. The van der Waals surface area contributed by atoms with Crippen LogP contribution in [0.1, 0.15) is 10.4 Å². The molecule has 0 heterocycles. The molecule has 0 aliphatic carbocycles. The molecular formula is C12H17N3O2Si. The maximum absolute atomic E-state index is 12.3. The molecule has 1 aromatic rings. The van der Waals surface area contributed by atoms with E-state index in [4.69, 9.17) is 10.3 Å². The highest BCUT2D eigenvalue weighted by molar-refractivity contribution is 6.81. The summed E-state index contributed by atoms with van der Waals surface area (Å²) in [5.74, 6) is 0.578. The molecule has 0 aromatic heterocycles. The van der Waals surface area contributed by atoms with Crippen molar-refractivity contribution in [3.8, 4) is 5.75 Å². The van der Waals surface area contributed by atoms with E-state index in [0.717, 1.165) is 0 Å². The summed E-state index contributed by atoms with van der Waals surface area (Å²) >= 11 is 0. The first kappa shape index (κ1) is 14.3. The molecule has 0 fully saturated rings. The van der Waals surface area contributed by atoms with Gasteiger partial charge in [0.05, 0.1) is 20.8 Å². The molecule has 1 rings (SSSR count). The van der Waals surface area contributed by atoms with Crippen LogP contribution in [0.3, 0.4) is 0 Å². The molecule has 0 N–H and O–H groups in total. The normalized spacial score (nSPS) is 12.4. The largest absolute Gasteiger partial charge is 0.497 e. The van der Waals surface area contributed by atoms with Crippen molar-refractivity contribution in [3.05, 3.63) is 40.3 Å². The number of nitrogens with zero attached hydrogens (tertiary/aromatic N) is 3. The number of azide groups is 1. The van der Waals surface area contributed by atoms with Crippen molar-refractivity contribution in [2.24, 2.45) is 5.11 Å². The van der Waals surface area contributed by atoms with Gasteiger partial charge >= 0.3 is 0 Å². The molecule has 1 unspecified atom stereocenters. The fourth-order valence-electron chi connectivity index (χ4n) is 1.58. The van der Waals surface area contributed by atoms with E-state index in [1.807, 2.05) is 19.6 Å². The monoisotopic (exact) mass is 263 g/mol. The molecule has 5 nitrogen and oxygen atoms in total. The number of methoxy groups -OCH3 is 1. The lowest BCUT2D eigenvalue weighted by Crippen LogP contribution is -2.42. The number of ether oxygens (including phenoxy) is 1. The third-order valence-electron chi connectivity index (χ3n) is 2.61. The van der Waals surface area contributed by atoms with Gasteiger partial charge in [0, 0.05) is 10.5 Å². The highest BCUT2D eigenvalue weighted by Crippen LogP contribution is 2.19. The number of ketones is 1. The van der Waals surface area contributed by atoms with Gasteiger partial charge in [-0.2, -0.15) is 0 Å². The summed E-state index contributed by atoms with van der Waals surface area (Å²) in [5.41, 5.74) is 8.56. The van der Waals surface area contributed by atoms with E-state index in [9.17, 15) is 4.79 Å². The zero-order valence-corrected chi connectivity index (χ0v) is 12.0. The number of hydrogen-bond acceptors (Lipinski definition) is 3. The van der Waals surface area contributed by atoms with Crippen molar-refractivity contribution in [3.63, 3.8) is 0 Å². The van der Waals surface area contributed by atoms with Crippen molar-refractivity contribution < 1.29 is 9.53 Å². The molecule has 0 aliphatic rings. The summed E-state index contributed by atoms with van der Waals surface area (Å²) in [4.78, 5) is 15.1. The van der Waals surface area contributed by atoms with E-state index in [2.05, 4.69) is 10.0 Å². The van der Waals surface area contributed by atoms with Crippen LogP contribution in [0.2, 0.25) is 19.6 Å². The topological polar surface area (TPSA) is 75.1 Å². The zero-order chi connectivity index (χ0) is 13.8. The van der Waals surface area contributed by atoms with Gasteiger partial charge < -0.3 is 4.74 Å². The average Bonchev–Trinajstić information content (AvgIpc) is 2.34. The van der Waals surface area contributed by atoms with Gasteiger partial charge in [-0.15, -0.1) is 0 Å². The third kappa shape index (κ3) is 3.35. The summed E-state index contributed by atoms with van der Waals surface area (Å²) in [5, 5.41) is 3.68. The van der Waals surface area contributed by atoms with E-state index in [-0.39, 0.29) is 5.78 Å². The van der Waals surface area contributed by atoms with E-state index in [0.29, 0.717) is 11.3 Å². The van der Waals surface area contributed by atoms with Crippen molar-refractivity contribution in [1.29, 1.82) is 0 Å². The first-order valence-corrected chi connectivity index (χ1v) is 9.20. The molecule has 6 heteroatoms. The van der Waals surface area contributed by atoms with Crippen LogP contribution < -0.4 is 4.74 Å². The number of rotatable bonds is 5. The highest BCUT2D eigenvalue weighted by Gasteiger charge is 2.32. The van der Waals surface area contributed by atoms with Gasteiger partial charge in [-0.3, -0.25) is 4.79 Å². The fraction of sp³-hybridized carbons (Fsp3) is 0.417. The van der Waals surface area contributed by atoms with Crippen molar-refractivity contribution in [1.82, 2.24) is 0 Å². The quantitative estimate of drug-likeness (QED) is 0.268. The Labute approximate surface area is 107 Å². The minimum Gasteiger partial charge on any atom is -0.497 e. The predicted molar refractivity (Wildman–Crippen MR) is 73.6 cm³/mol. The van der Waals surface area contributed by atoms with Crippen LogP contribution in [0.25, 0.3) is 10.4 Å². The number of Topliss-reactive ketones (excluding diaryl/α,β-unsaturated/α-hetero) is 1. The van der Waals surface area contributed by atoms with Crippen molar-refractivity contribution >= 4 is 13.9 Å². The Kier molecular flexibility index (Phi) is 4.53. The standard InChI is InChI=1S/C12H17N3O2Si/c1-17-10-7-5-9(6-8-10)11(16)12(14-15-13)18(2,3)4/h5-8,12H,1-4H3. The van der Waals surface area contributed by atoms with Gasteiger partial charge in [-0.25, -0.2) is 0 Å². The zero-order valence-electron chi connectivity index (χ0n) is 11.0. The molecule has 18 heavy (non-hydrogen) atoms. The Balaban J connectivity index is 3.06. The Morgan fingerprint density at radius 2 is 1.89 bits per heavy atom. The van der Waals surface area contributed by atoms with Crippen LogP contribution in [0.15, 0.2) is 29.4 Å². The van der Waals surface area contributed by atoms with Crippen LogP contribution in [-0.2, 0) is 0 Å². The minimum absolute atomic E-state index is 0.116. The number of carbonyl (C=O) groups excluding carboxylic acids is 1. The molecule has 0 radical (unpaired) electrons. The molecule has 1 aromatic carbocycles. The predicted octanol–water partition coefficient (Wildman–Crippen LogP) is 3.43. The summed E-state index contributed by atoms with van der Waals surface area (Å²) in [7, 11) is -0.305. The van der Waals surface area contributed by atoms with Crippen molar-refractivity contribution in [2.75, 3.05) is 7.11 Å². The van der Waals surface area contributed by atoms with Gasteiger partial charge in [0.1, 0.15) is 5.75 Å². The van der Waals surface area contributed by atoms with E-state index in [1.165, 1.54) is 0 Å². The van der Waals surface area contributed by atoms with E-state index in [1.54, 1.807) is 31.4 Å². The molecule has 0 saturated heterocycles. The summed E-state index contributed by atoms with van der Waals surface area (Å²) in [6.07, 6.45) is 0. The maximum Gasteiger partial charge on any atom is 0.169 e. The first-order chi connectivity index (χ1) is 8.40. The average molecular weight is 263 g/mol. The lowest BCUT2D eigenvalue weighted by Gasteiger charge is -2.23. The smallest absolute Gasteiger partial charge is 0.169 e. The summed E-state index contributed by atoms with van der Waals surface area (Å²) < 4.78 is 5.04.